The van der Waals surface area contributed by atoms with Gasteiger partial charge in [-0.15, -0.1) is 0 Å². The number of halogens is 1. The van der Waals surface area contributed by atoms with Crippen LogP contribution >= 0.6 is 0 Å². The van der Waals surface area contributed by atoms with E-state index in [1.54, 1.807) is 36.7 Å². The van der Waals surface area contributed by atoms with E-state index in [2.05, 4.69) is 4.98 Å². The lowest BCUT2D eigenvalue weighted by molar-refractivity contribution is 0.475. The van der Waals surface area contributed by atoms with Crippen LogP contribution in [0.4, 0.5) is 4.39 Å². The lowest BCUT2D eigenvalue weighted by atomic mass is 10.1. The predicted molar refractivity (Wildman–Crippen MR) is 66.1 cm³/mol. The van der Waals surface area contributed by atoms with Gasteiger partial charge in [0.1, 0.15) is 17.4 Å². The van der Waals surface area contributed by atoms with E-state index in [1.165, 1.54) is 12.1 Å². The normalized spacial score (nSPS) is 10.9. The summed E-state index contributed by atoms with van der Waals surface area (Å²) in [5.41, 5.74) is 1.84. The van der Waals surface area contributed by atoms with E-state index in [9.17, 15) is 9.50 Å². The van der Waals surface area contributed by atoms with Crippen LogP contribution in [-0.2, 0) is 6.42 Å². The van der Waals surface area contributed by atoms with Crippen molar-refractivity contribution in [2.75, 3.05) is 0 Å². The minimum Gasteiger partial charge on any atom is -0.508 e. The molecular weight excluding hydrogens is 231 g/mol. The van der Waals surface area contributed by atoms with Crippen LogP contribution in [-0.4, -0.2) is 14.5 Å². The third-order valence-electron chi connectivity index (χ3n) is 2.87. The van der Waals surface area contributed by atoms with Crippen molar-refractivity contribution in [3.05, 3.63) is 66.0 Å². The smallest absolute Gasteiger partial charge is 0.123 e. The number of rotatable bonds is 2. The summed E-state index contributed by atoms with van der Waals surface area (Å²) in [6, 6.07) is 9.64. The first-order valence-corrected chi connectivity index (χ1v) is 5.62. The number of hydrogen-bond acceptors (Lipinski definition) is 2. The molecule has 2 aromatic heterocycles. The molecule has 0 aliphatic rings. The average molecular weight is 242 g/mol. The first-order chi connectivity index (χ1) is 8.72. The Labute approximate surface area is 103 Å². The zero-order chi connectivity index (χ0) is 12.5. The molecule has 1 aromatic carbocycles. The maximum absolute atomic E-state index is 12.8. The lowest BCUT2D eigenvalue weighted by Gasteiger charge is -2.02. The monoisotopic (exact) mass is 242 g/mol. The van der Waals surface area contributed by atoms with Crippen LogP contribution in [0, 0.1) is 5.82 Å². The maximum Gasteiger partial charge on any atom is 0.123 e. The number of hydrogen-bond donors (Lipinski definition) is 1. The van der Waals surface area contributed by atoms with E-state index in [0.717, 1.165) is 16.9 Å². The van der Waals surface area contributed by atoms with Crippen LogP contribution in [0.2, 0.25) is 0 Å². The summed E-state index contributed by atoms with van der Waals surface area (Å²) < 4.78 is 14.7. The van der Waals surface area contributed by atoms with Crippen molar-refractivity contribution < 1.29 is 9.50 Å². The molecule has 18 heavy (non-hydrogen) atoms. The molecule has 0 atom stereocenters. The number of aromatic hydroxyl groups is 1. The Morgan fingerprint density at radius 1 is 1.17 bits per heavy atom. The molecule has 0 saturated carbocycles. The summed E-state index contributed by atoms with van der Waals surface area (Å²) >= 11 is 0. The van der Waals surface area contributed by atoms with Crippen LogP contribution in [0.25, 0.3) is 5.52 Å². The van der Waals surface area contributed by atoms with Crippen molar-refractivity contribution >= 4 is 5.52 Å². The predicted octanol–water partition coefficient (Wildman–Crippen LogP) is 2.77. The van der Waals surface area contributed by atoms with Gasteiger partial charge in [0, 0.05) is 18.7 Å². The van der Waals surface area contributed by atoms with Crippen LogP contribution in [0.3, 0.4) is 0 Å². The first-order valence-electron chi connectivity index (χ1n) is 5.62. The summed E-state index contributed by atoms with van der Waals surface area (Å²) in [6.45, 7) is 0. The van der Waals surface area contributed by atoms with Gasteiger partial charge in [-0.05, 0) is 23.8 Å². The summed E-state index contributed by atoms with van der Waals surface area (Å²) in [6.07, 6.45) is 4.11. The number of pyridine rings is 1. The van der Waals surface area contributed by atoms with Gasteiger partial charge in [-0.25, -0.2) is 9.37 Å². The molecule has 1 N–H and O–H groups in total. The van der Waals surface area contributed by atoms with Crippen molar-refractivity contribution in [1.29, 1.82) is 0 Å². The Balaban J connectivity index is 1.97. The number of nitrogens with zero attached hydrogens (tertiary/aromatic N) is 2. The van der Waals surface area contributed by atoms with E-state index < -0.39 is 0 Å². The van der Waals surface area contributed by atoms with Crippen molar-refractivity contribution in [3.63, 3.8) is 0 Å². The van der Waals surface area contributed by atoms with Crippen molar-refractivity contribution in [1.82, 2.24) is 9.38 Å². The second-order valence-corrected chi connectivity index (χ2v) is 4.16. The second-order valence-electron chi connectivity index (χ2n) is 4.16. The zero-order valence-corrected chi connectivity index (χ0v) is 9.55. The van der Waals surface area contributed by atoms with Gasteiger partial charge in [0.25, 0.3) is 0 Å². The van der Waals surface area contributed by atoms with Crippen molar-refractivity contribution in [2.24, 2.45) is 0 Å². The lowest BCUT2D eigenvalue weighted by Crippen LogP contribution is -1.96. The molecule has 3 nitrogen and oxygen atoms in total. The van der Waals surface area contributed by atoms with Gasteiger partial charge in [0.2, 0.25) is 0 Å². The molecule has 0 amide bonds. The Kier molecular flexibility index (Phi) is 2.48. The highest BCUT2D eigenvalue weighted by Crippen LogP contribution is 2.16. The van der Waals surface area contributed by atoms with Crippen LogP contribution < -0.4 is 0 Å². The van der Waals surface area contributed by atoms with E-state index in [4.69, 9.17) is 0 Å². The highest BCUT2D eigenvalue weighted by Gasteiger charge is 2.05. The Bertz CT molecular complexity index is 689. The molecule has 0 spiro atoms. The quantitative estimate of drug-likeness (QED) is 0.750. The van der Waals surface area contributed by atoms with E-state index in [1.807, 2.05) is 4.40 Å². The van der Waals surface area contributed by atoms with Gasteiger partial charge in [-0.2, -0.15) is 0 Å². The summed E-state index contributed by atoms with van der Waals surface area (Å²) in [5, 5.41) is 9.38. The molecule has 0 aliphatic carbocycles. The van der Waals surface area contributed by atoms with Gasteiger partial charge in [0.15, 0.2) is 0 Å². The van der Waals surface area contributed by atoms with Gasteiger partial charge in [0.05, 0.1) is 11.7 Å². The third kappa shape index (κ3) is 1.93. The van der Waals surface area contributed by atoms with Gasteiger partial charge >= 0.3 is 0 Å². The minimum atomic E-state index is -0.239. The molecule has 0 saturated heterocycles. The van der Waals surface area contributed by atoms with Gasteiger partial charge in [-0.1, -0.05) is 12.1 Å². The second kappa shape index (κ2) is 4.14. The first kappa shape index (κ1) is 10.8. The molecule has 0 unspecified atom stereocenters. The number of fused-ring (bicyclic) bond motifs is 1. The molecule has 0 radical (unpaired) electrons. The zero-order valence-electron chi connectivity index (χ0n) is 9.55. The molecular formula is C14H11FN2O. The highest BCUT2D eigenvalue weighted by atomic mass is 19.1. The number of benzene rings is 1. The maximum atomic E-state index is 12.8. The van der Waals surface area contributed by atoms with Crippen molar-refractivity contribution in [3.8, 4) is 5.75 Å². The number of aromatic nitrogens is 2. The van der Waals surface area contributed by atoms with Crippen molar-refractivity contribution in [2.45, 2.75) is 6.42 Å². The highest BCUT2D eigenvalue weighted by molar-refractivity contribution is 5.50. The van der Waals surface area contributed by atoms with Gasteiger partial charge in [-0.3, -0.25) is 0 Å². The Hall–Kier alpha value is -2.36. The summed E-state index contributed by atoms with van der Waals surface area (Å²) in [5.74, 6) is 0.837. The molecule has 90 valence electrons. The number of imidazole rings is 1. The molecule has 0 fully saturated rings. The fraction of sp³-hybridized carbons (Fsp3) is 0.0714. The standard InChI is InChI=1S/C14H11FN2O/c15-11-3-1-10(2-4-11)7-14-16-9-12-8-13(18)5-6-17(12)14/h1-6,8-9,18H,7H2. The molecule has 0 bridgehead atoms. The van der Waals surface area contributed by atoms with E-state index in [-0.39, 0.29) is 11.6 Å². The van der Waals surface area contributed by atoms with Crippen LogP contribution in [0.5, 0.6) is 5.75 Å². The largest absolute Gasteiger partial charge is 0.508 e. The topological polar surface area (TPSA) is 37.5 Å². The third-order valence-corrected chi connectivity index (χ3v) is 2.87. The Morgan fingerprint density at radius 2 is 1.94 bits per heavy atom. The average Bonchev–Trinajstić information content (AvgIpc) is 2.74. The molecule has 3 aromatic rings. The fourth-order valence-electron chi connectivity index (χ4n) is 1.96. The summed E-state index contributed by atoms with van der Waals surface area (Å²) in [4.78, 5) is 4.31. The molecule has 0 aliphatic heterocycles. The van der Waals surface area contributed by atoms with Gasteiger partial charge < -0.3 is 9.51 Å². The van der Waals surface area contributed by atoms with Crippen LogP contribution in [0.15, 0.2) is 48.8 Å². The molecule has 2 heterocycles. The SMILES string of the molecule is Oc1ccn2c(Cc3ccc(F)cc3)ncc2c1. The van der Waals surface area contributed by atoms with E-state index >= 15 is 0 Å². The van der Waals surface area contributed by atoms with E-state index in [0.29, 0.717) is 6.42 Å². The Morgan fingerprint density at radius 3 is 2.72 bits per heavy atom. The molecule has 4 heteroatoms. The molecule has 3 rings (SSSR count). The minimum absolute atomic E-state index is 0.218. The summed E-state index contributed by atoms with van der Waals surface area (Å²) in [7, 11) is 0. The van der Waals surface area contributed by atoms with Crippen LogP contribution in [0.1, 0.15) is 11.4 Å². The fourth-order valence-corrected chi connectivity index (χ4v) is 1.96.